The SMILES string of the molecule is CCC(CC)C[Si](C1CC1)C1CC1. The van der Waals surface area contributed by atoms with Gasteiger partial charge in [0.2, 0.25) is 0 Å². The van der Waals surface area contributed by atoms with Crippen molar-refractivity contribution in [3.05, 3.63) is 0 Å². The summed E-state index contributed by atoms with van der Waals surface area (Å²) in [6, 6.07) is 1.66. The summed E-state index contributed by atoms with van der Waals surface area (Å²) >= 11 is 0. The van der Waals surface area contributed by atoms with Crippen molar-refractivity contribution in [2.75, 3.05) is 0 Å². The van der Waals surface area contributed by atoms with Crippen molar-refractivity contribution in [3.63, 3.8) is 0 Å². The smallest absolute Gasteiger partial charge is 0.0548 e. The van der Waals surface area contributed by atoms with Gasteiger partial charge in [-0.15, -0.1) is 0 Å². The fraction of sp³-hybridized carbons (Fsp3) is 1.00. The topological polar surface area (TPSA) is 0 Å². The summed E-state index contributed by atoms with van der Waals surface area (Å²) in [6.45, 7) is 4.76. The molecule has 0 aliphatic heterocycles. The van der Waals surface area contributed by atoms with Gasteiger partial charge in [-0.05, 0) is 17.0 Å². The molecule has 0 bridgehead atoms. The van der Waals surface area contributed by atoms with Crippen LogP contribution >= 0.6 is 0 Å². The molecule has 1 heteroatoms. The summed E-state index contributed by atoms with van der Waals surface area (Å²) in [5, 5.41) is 0. The molecule has 0 amide bonds. The molecule has 0 aromatic carbocycles. The van der Waals surface area contributed by atoms with Gasteiger partial charge in [0.05, 0.1) is 8.80 Å². The van der Waals surface area contributed by atoms with Crippen LogP contribution in [0.25, 0.3) is 0 Å². The Morgan fingerprint density at radius 3 is 1.77 bits per heavy atom. The normalized spacial score (nSPS) is 23.1. The second kappa shape index (κ2) is 4.16. The molecule has 2 aliphatic rings. The van der Waals surface area contributed by atoms with E-state index in [0.29, 0.717) is 0 Å². The largest absolute Gasteiger partial charge is 0.0651 e. The first-order chi connectivity index (χ1) is 6.35. The zero-order chi connectivity index (χ0) is 9.26. The highest BCUT2D eigenvalue weighted by Gasteiger charge is 2.42. The lowest BCUT2D eigenvalue weighted by molar-refractivity contribution is 0.537. The maximum absolute atomic E-state index is 2.38. The summed E-state index contributed by atoms with van der Waals surface area (Å²) in [5.74, 6) is 1.08. The van der Waals surface area contributed by atoms with Crippen LogP contribution in [-0.2, 0) is 0 Å². The summed E-state index contributed by atoms with van der Waals surface area (Å²) in [6.07, 6.45) is 9.28. The quantitative estimate of drug-likeness (QED) is 0.556. The van der Waals surface area contributed by atoms with Gasteiger partial charge < -0.3 is 0 Å². The lowest BCUT2D eigenvalue weighted by atomic mass is 10.1. The van der Waals surface area contributed by atoms with Gasteiger partial charge in [0.1, 0.15) is 0 Å². The number of hydrogen-bond acceptors (Lipinski definition) is 0. The van der Waals surface area contributed by atoms with Crippen molar-refractivity contribution in [2.45, 2.75) is 69.5 Å². The predicted octanol–water partition coefficient (Wildman–Crippen LogP) is 4.25. The zero-order valence-corrected chi connectivity index (χ0v) is 10.2. The molecule has 2 aliphatic carbocycles. The van der Waals surface area contributed by atoms with E-state index in [1.165, 1.54) is 23.9 Å². The highest BCUT2D eigenvalue weighted by Crippen LogP contribution is 2.53. The minimum absolute atomic E-state index is 0.121. The van der Waals surface area contributed by atoms with Gasteiger partial charge >= 0.3 is 0 Å². The van der Waals surface area contributed by atoms with Crippen LogP contribution in [0.1, 0.15) is 52.4 Å². The summed E-state index contributed by atoms with van der Waals surface area (Å²) < 4.78 is 0. The van der Waals surface area contributed by atoms with Crippen LogP contribution in [0.4, 0.5) is 0 Å². The monoisotopic (exact) mass is 195 g/mol. The lowest BCUT2D eigenvalue weighted by Crippen LogP contribution is -2.17. The van der Waals surface area contributed by atoms with E-state index < -0.39 is 0 Å². The number of rotatable bonds is 6. The Balaban J connectivity index is 1.80. The van der Waals surface area contributed by atoms with Gasteiger partial charge in [-0.3, -0.25) is 0 Å². The van der Waals surface area contributed by atoms with Crippen molar-refractivity contribution in [1.82, 2.24) is 0 Å². The Labute approximate surface area is 84.7 Å². The first-order valence-electron chi connectivity index (χ1n) is 6.20. The van der Waals surface area contributed by atoms with E-state index in [9.17, 15) is 0 Å². The third-order valence-corrected chi connectivity index (χ3v) is 8.18. The van der Waals surface area contributed by atoms with Crippen LogP contribution < -0.4 is 0 Å². The zero-order valence-electron chi connectivity index (χ0n) is 9.18. The molecule has 75 valence electrons. The van der Waals surface area contributed by atoms with Crippen LogP contribution in [0.15, 0.2) is 0 Å². The lowest BCUT2D eigenvalue weighted by Gasteiger charge is -2.19. The molecule has 2 fully saturated rings. The minimum atomic E-state index is 0.121. The Bertz CT molecular complexity index is 143. The van der Waals surface area contributed by atoms with Crippen molar-refractivity contribution in [2.24, 2.45) is 5.92 Å². The van der Waals surface area contributed by atoms with Gasteiger partial charge in [-0.1, -0.05) is 58.4 Å². The van der Waals surface area contributed by atoms with Crippen LogP contribution in [0.2, 0.25) is 17.1 Å². The fourth-order valence-electron chi connectivity index (χ4n) is 2.49. The van der Waals surface area contributed by atoms with Gasteiger partial charge in [0, 0.05) is 0 Å². The summed E-state index contributed by atoms with van der Waals surface area (Å²) in [4.78, 5) is 0. The molecule has 1 radical (unpaired) electrons. The molecule has 0 N–H and O–H groups in total. The second-order valence-electron chi connectivity index (χ2n) is 5.01. The Hall–Kier alpha value is 0.217. The van der Waals surface area contributed by atoms with Crippen LogP contribution in [0.3, 0.4) is 0 Å². The molecule has 2 rings (SSSR count). The molecule has 0 atom stereocenters. The maximum atomic E-state index is 2.38. The standard InChI is InChI=1S/C12H23Si/c1-3-10(4-2)9-13(11-5-6-11)12-7-8-12/h10-12H,3-9H2,1-2H3. The Kier molecular flexibility index (Phi) is 3.12. The van der Waals surface area contributed by atoms with Crippen molar-refractivity contribution in [3.8, 4) is 0 Å². The molecule has 0 spiro atoms. The molecule has 0 saturated heterocycles. The minimum Gasteiger partial charge on any atom is -0.0651 e. The summed E-state index contributed by atoms with van der Waals surface area (Å²) in [5.41, 5.74) is 2.52. The van der Waals surface area contributed by atoms with E-state index in [1.807, 2.05) is 0 Å². The molecule has 0 aromatic rings. The average Bonchev–Trinajstić information content (AvgIpc) is 3.01. The Morgan fingerprint density at radius 2 is 1.46 bits per heavy atom. The molecule has 0 aromatic heterocycles. The van der Waals surface area contributed by atoms with E-state index in [1.54, 1.807) is 31.7 Å². The van der Waals surface area contributed by atoms with Crippen LogP contribution in [-0.4, -0.2) is 8.80 Å². The van der Waals surface area contributed by atoms with E-state index >= 15 is 0 Å². The van der Waals surface area contributed by atoms with Gasteiger partial charge in [-0.25, -0.2) is 0 Å². The van der Waals surface area contributed by atoms with Gasteiger partial charge in [0.25, 0.3) is 0 Å². The van der Waals surface area contributed by atoms with Crippen LogP contribution in [0.5, 0.6) is 0 Å². The fourth-order valence-corrected chi connectivity index (χ4v) is 6.88. The molecule has 0 unspecified atom stereocenters. The first kappa shape index (κ1) is 9.76. The van der Waals surface area contributed by atoms with E-state index in [0.717, 1.165) is 5.92 Å². The molecular weight excluding hydrogens is 172 g/mol. The van der Waals surface area contributed by atoms with Crippen molar-refractivity contribution >= 4 is 8.80 Å². The van der Waals surface area contributed by atoms with Crippen LogP contribution in [0, 0.1) is 5.92 Å². The summed E-state index contributed by atoms with van der Waals surface area (Å²) in [7, 11) is 0.121. The highest BCUT2D eigenvalue weighted by atomic mass is 28.3. The molecule has 2 saturated carbocycles. The van der Waals surface area contributed by atoms with Gasteiger partial charge in [-0.2, -0.15) is 0 Å². The molecule has 0 nitrogen and oxygen atoms in total. The second-order valence-corrected chi connectivity index (χ2v) is 8.20. The average molecular weight is 195 g/mol. The maximum Gasteiger partial charge on any atom is 0.0548 e. The highest BCUT2D eigenvalue weighted by molar-refractivity contribution is 6.63. The Morgan fingerprint density at radius 1 is 1.00 bits per heavy atom. The van der Waals surface area contributed by atoms with E-state index in [2.05, 4.69) is 13.8 Å². The first-order valence-corrected chi connectivity index (χ1v) is 8.06. The predicted molar refractivity (Wildman–Crippen MR) is 60.6 cm³/mol. The molecular formula is C12H23Si. The third kappa shape index (κ3) is 2.58. The third-order valence-electron chi connectivity index (χ3n) is 3.88. The number of hydrogen-bond donors (Lipinski definition) is 0. The molecule has 13 heavy (non-hydrogen) atoms. The van der Waals surface area contributed by atoms with E-state index in [4.69, 9.17) is 0 Å². The van der Waals surface area contributed by atoms with Crippen molar-refractivity contribution in [1.29, 1.82) is 0 Å². The van der Waals surface area contributed by atoms with Crippen molar-refractivity contribution < 1.29 is 0 Å². The molecule has 0 heterocycles. The van der Waals surface area contributed by atoms with E-state index in [-0.39, 0.29) is 8.80 Å². The van der Waals surface area contributed by atoms with Gasteiger partial charge in [0.15, 0.2) is 0 Å².